The van der Waals surface area contributed by atoms with E-state index in [4.69, 9.17) is 18.9 Å². The van der Waals surface area contributed by atoms with Crippen molar-refractivity contribution in [1.82, 2.24) is 5.32 Å². The summed E-state index contributed by atoms with van der Waals surface area (Å²) in [4.78, 5) is 0. The molecular weight excluding hydrogens is 234 g/mol. The highest BCUT2D eigenvalue weighted by atomic mass is 16.5. The van der Waals surface area contributed by atoms with Crippen molar-refractivity contribution in [2.24, 2.45) is 0 Å². The molecule has 5 heteroatoms. The molecule has 0 radical (unpaired) electrons. The van der Waals surface area contributed by atoms with Gasteiger partial charge in [-0.2, -0.15) is 0 Å². The fourth-order valence-corrected chi connectivity index (χ4v) is 1.85. The van der Waals surface area contributed by atoms with Crippen molar-refractivity contribution in [3.63, 3.8) is 0 Å². The van der Waals surface area contributed by atoms with Crippen LogP contribution in [0, 0.1) is 0 Å². The number of rotatable bonds is 6. The highest BCUT2D eigenvalue weighted by Crippen LogP contribution is 2.34. The fourth-order valence-electron chi connectivity index (χ4n) is 1.85. The second-order valence-corrected chi connectivity index (χ2v) is 4.13. The van der Waals surface area contributed by atoms with E-state index in [1.165, 1.54) is 0 Å². The maximum absolute atomic E-state index is 5.38. The van der Waals surface area contributed by atoms with E-state index in [1.807, 2.05) is 12.1 Å². The molecule has 1 N–H and O–H groups in total. The third-order valence-corrected chi connectivity index (χ3v) is 3.02. The maximum Gasteiger partial charge on any atom is 0.130 e. The lowest BCUT2D eigenvalue weighted by Crippen LogP contribution is -2.45. The summed E-state index contributed by atoms with van der Waals surface area (Å²) in [5.74, 6) is 2.25. The summed E-state index contributed by atoms with van der Waals surface area (Å²) in [5.41, 5.74) is 0.993. The second-order valence-electron chi connectivity index (χ2n) is 4.13. The third kappa shape index (κ3) is 2.68. The molecule has 0 amide bonds. The van der Waals surface area contributed by atoms with Gasteiger partial charge in [0.2, 0.25) is 0 Å². The third-order valence-electron chi connectivity index (χ3n) is 3.02. The summed E-state index contributed by atoms with van der Waals surface area (Å²) >= 11 is 0. The van der Waals surface area contributed by atoms with Crippen molar-refractivity contribution in [3.05, 3.63) is 17.7 Å². The first-order chi connectivity index (χ1) is 8.78. The monoisotopic (exact) mass is 253 g/mol. The Kier molecular flexibility index (Phi) is 4.28. The van der Waals surface area contributed by atoms with Gasteiger partial charge in [-0.25, -0.2) is 0 Å². The highest BCUT2D eigenvalue weighted by Gasteiger charge is 2.20. The molecule has 2 rings (SSSR count). The lowest BCUT2D eigenvalue weighted by Gasteiger charge is -2.27. The van der Waals surface area contributed by atoms with Crippen LogP contribution in [-0.4, -0.2) is 40.6 Å². The van der Waals surface area contributed by atoms with E-state index in [9.17, 15) is 0 Å². The summed E-state index contributed by atoms with van der Waals surface area (Å²) in [6.45, 7) is 2.21. The molecule has 1 fully saturated rings. The van der Waals surface area contributed by atoms with Crippen molar-refractivity contribution < 1.29 is 18.9 Å². The van der Waals surface area contributed by atoms with E-state index in [-0.39, 0.29) is 0 Å². The van der Waals surface area contributed by atoms with Crippen molar-refractivity contribution >= 4 is 0 Å². The van der Waals surface area contributed by atoms with Crippen LogP contribution in [0.2, 0.25) is 0 Å². The first kappa shape index (κ1) is 13.0. The largest absolute Gasteiger partial charge is 0.496 e. The zero-order chi connectivity index (χ0) is 13.0. The Morgan fingerprint density at radius 2 is 1.72 bits per heavy atom. The van der Waals surface area contributed by atoms with E-state index in [1.54, 1.807) is 21.3 Å². The van der Waals surface area contributed by atoms with Crippen LogP contribution < -0.4 is 19.5 Å². The van der Waals surface area contributed by atoms with Crippen molar-refractivity contribution in [2.75, 3.05) is 34.5 Å². The van der Waals surface area contributed by atoms with Gasteiger partial charge in [0, 0.05) is 18.7 Å². The van der Waals surface area contributed by atoms with E-state index >= 15 is 0 Å². The topological polar surface area (TPSA) is 49.0 Å². The second kappa shape index (κ2) is 5.93. The van der Waals surface area contributed by atoms with Crippen molar-refractivity contribution in [1.29, 1.82) is 0 Å². The van der Waals surface area contributed by atoms with Crippen LogP contribution in [0.15, 0.2) is 12.1 Å². The van der Waals surface area contributed by atoms with Gasteiger partial charge in [0.05, 0.1) is 46.1 Å². The quantitative estimate of drug-likeness (QED) is 0.825. The molecule has 0 atom stereocenters. The Hall–Kier alpha value is -1.46. The number of hydrogen-bond donors (Lipinski definition) is 1. The molecule has 0 saturated carbocycles. The summed E-state index contributed by atoms with van der Waals surface area (Å²) in [6.07, 6.45) is 0. The molecule has 1 aromatic rings. The van der Waals surface area contributed by atoms with Gasteiger partial charge < -0.3 is 24.3 Å². The van der Waals surface area contributed by atoms with Gasteiger partial charge >= 0.3 is 0 Å². The smallest absolute Gasteiger partial charge is 0.130 e. The van der Waals surface area contributed by atoms with Crippen LogP contribution in [-0.2, 0) is 11.3 Å². The fraction of sp³-hybridized carbons (Fsp3) is 0.538. The van der Waals surface area contributed by atoms with Crippen LogP contribution in [0.5, 0.6) is 17.2 Å². The van der Waals surface area contributed by atoms with Crippen LogP contribution in [0.25, 0.3) is 0 Å². The molecule has 0 aliphatic carbocycles. The number of benzene rings is 1. The SMILES string of the molecule is COc1cc(OC)c(CNC2COC2)c(OC)c1. The molecule has 1 saturated heterocycles. The Morgan fingerprint density at radius 3 is 2.11 bits per heavy atom. The minimum Gasteiger partial charge on any atom is -0.496 e. The Bertz CT molecular complexity index is 379. The predicted octanol–water partition coefficient (Wildman–Crippen LogP) is 1.20. The van der Waals surface area contributed by atoms with Crippen molar-refractivity contribution in [2.45, 2.75) is 12.6 Å². The number of hydrogen-bond acceptors (Lipinski definition) is 5. The minimum absolute atomic E-state index is 0.418. The van der Waals surface area contributed by atoms with Crippen LogP contribution in [0.3, 0.4) is 0 Å². The Balaban J connectivity index is 2.18. The molecule has 1 aromatic carbocycles. The van der Waals surface area contributed by atoms with Crippen LogP contribution in [0.1, 0.15) is 5.56 Å². The van der Waals surface area contributed by atoms with Gasteiger partial charge in [0.15, 0.2) is 0 Å². The van der Waals surface area contributed by atoms with E-state index < -0.39 is 0 Å². The standard InChI is InChI=1S/C13H19NO4/c1-15-10-4-12(16-2)11(13(5-10)17-3)6-14-9-7-18-8-9/h4-5,9,14H,6-8H2,1-3H3. The zero-order valence-electron chi connectivity index (χ0n) is 11.0. The molecule has 0 bridgehead atoms. The van der Waals surface area contributed by atoms with Gasteiger partial charge in [-0.05, 0) is 0 Å². The first-order valence-electron chi connectivity index (χ1n) is 5.88. The Morgan fingerprint density at radius 1 is 1.11 bits per heavy atom. The number of ether oxygens (including phenoxy) is 4. The summed E-state index contributed by atoms with van der Waals surface area (Å²) < 4.78 is 21.1. The van der Waals surface area contributed by atoms with Crippen molar-refractivity contribution in [3.8, 4) is 17.2 Å². The van der Waals surface area contributed by atoms with Gasteiger partial charge in [0.25, 0.3) is 0 Å². The van der Waals surface area contributed by atoms with E-state index in [0.717, 1.165) is 36.0 Å². The van der Waals surface area contributed by atoms with Gasteiger partial charge in [-0.3, -0.25) is 0 Å². The Labute approximate surface area is 107 Å². The highest BCUT2D eigenvalue weighted by molar-refractivity contribution is 5.50. The molecule has 0 unspecified atom stereocenters. The molecule has 1 aliphatic rings. The zero-order valence-corrected chi connectivity index (χ0v) is 11.0. The molecule has 1 heterocycles. The van der Waals surface area contributed by atoms with Gasteiger partial charge in [-0.1, -0.05) is 0 Å². The average Bonchev–Trinajstić information content (AvgIpc) is 2.36. The van der Waals surface area contributed by atoms with Crippen LogP contribution >= 0.6 is 0 Å². The molecule has 18 heavy (non-hydrogen) atoms. The summed E-state index contributed by atoms with van der Waals surface area (Å²) in [6, 6.07) is 4.13. The molecule has 0 spiro atoms. The molecule has 1 aliphatic heterocycles. The average molecular weight is 253 g/mol. The lowest BCUT2D eigenvalue weighted by atomic mass is 10.1. The maximum atomic E-state index is 5.38. The summed E-state index contributed by atoms with van der Waals surface area (Å²) in [7, 11) is 4.91. The van der Waals surface area contributed by atoms with Gasteiger partial charge in [-0.15, -0.1) is 0 Å². The number of nitrogens with one attached hydrogen (secondary N) is 1. The molecule has 100 valence electrons. The first-order valence-corrected chi connectivity index (χ1v) is 5.88. The predicted molar refractivity (Wildman–Crippen MR) is 67.5 cm³/mol. The van der Waals surface area contributed by atoms with Gasteiger partial charge in [0.1, 0.15) is 17.2 Å². The molecule has 0 aromatic heterocycles. The van der Waals surface area contributed by atoms with E-state index in [0.29, 0.717) is 12.6 Å². The molecule has 5 nitrogen and oxygen atoms in total. The molecular formula is C13H19NO4. The lowest BCUT2D eigenvalue weighted by molar-refractivity contribution is -0.00591. The summed E-state index contributed by atoms with van der Waals surface area (Å²) in [5, 5.41) is 3.40. The minimum atomic E-state index is 0.418. The van der Waals surface area contributed by atoms with Crippen LogP contribution in [0.4, 0.5) is 0 Å². The normalized spacial score (nSPS) is 15.1. The number of methoxy groups -OCH3 is 3. The van der Waals surface area contributed by atoms with E-state index in [2.05, 4.69) is 5.32 Å².